The fourth-order valence-electron chi connectivity index (χ4n) is 1.17. The second-order valence-electron chi connectivity index (χ2n) is 3.69. The molecule has 0 fully saturated rings. The zero-order valence-electron chi connectivity index (χ0n) is 9.36. The summed E-state index contributed by atoms with van der Waals surface area (Å²) < 4.78 is 5.08. The lowest BCUT2D eigenvalue weighted by molar-refractivity contribution is -0.142. The number of hydrogen-bond acceptors (Lipinski definition) is 2. The average molecular weight is 204 g/mol. The SMILES string of the molecule is CC(=Cc1ccccc1)C(=O)OC(C)C. The zero-order chi connectivity index (χ0) is 11.3. The summed E-state index contributed by atoms with van der Waals surface area (Å²) >= 11 is 0. The minimum Gasteiger partial charge on any atom is -0.460 e. The highest BCUT2D eigenvalue weighted by Gasteiger charge is 2.07. The highest BCUT2D eigenvalue weighted by Crippen LogP contribution is 2.08. The van der Waals surface area contributed by atoms with E-state index in [4.69, 9.17) is 4.74 Å². The Hall–Kier alpha value is -1.57. The smallest absolute Gasteiger partial charge is 0.333 e. The average Bonchev–Trinajstić information content (AvgIpc) is 2.18. The minimum atomic E-state index is -0.256. The summed E-state index contributed by atoms with van der Waals surface area (Å²) in [4.78, 5) is 11.5. The summed E-state index contributed by atoms with van der Waals surface area (Å²) in [5.41, 5.74) is 1.63. The lowest BCUT2D eigenvalue weighted by Gasteiger charge is -2.07. The number of ether oxygens (including phenoxy) is 1. The van der Waals surface area contributed by atoms with Crippen molar-refractivity contribution >= 4 is 12.0 Å². The quantitative estimate of drug-likeness (QED) is 0.558. The molecule has 0 aromatic heterocycles. The van der Waals surface area contributed by atoms with Crippen molar-refractivity contribution in [3.63, 3.8) is 0 Å². The van der Waals surface area contributed by atoms with Crippen LogP contribution in [0.2, 0.25) is 0 Å². The normalized spacial score (nSPS) is 11.6. The Morgan fingerprint density at radius 3 is 2.40 bits per heavy atom. The molecule has 0 aliphatic carbocycles. The van der Waals surface area contributed by atoms with Gasteiger partial charge in [0.2, 0.25) is 0 Å². The van der Waals surface area contributed by atoms with Crippen LogP contribution in [0.25, 0.3) is 6.08 Å². The van der Waals surface area contributed by atoms with Crippen LogP contribution in [0.15, 0.2) is 35.9 Å². The van der Waals surface area contributed by atoms with Crippen LogP contribution in [-0.2, 0) is 9.53 Å². The third-order valence-electron chi connectivity index (χ3n) is 1.85. The minimum absolute atomic E-state index is 0.0726. The Labute approximate surface area is 90.6 Å². The van der Waals surface area contributed by atoms with Crippen LogP contribution < -0.4 is 0 Å². The highest BCUT2D eigenvalue weighted by molar-refractivity contribution is 5.93. The Kier molecular flexibility index (Phi) is 4.10. The molecule has 0 heterocycles. The standard InChI is InChI=1S/C13H16O2/c1-10(2)15-13(14)11(3)9-12-7-5-4-6-8-12/h4-10H,1-3H3. The van der Waals surface area contributed by atoms with Gasteiger partial charge in [0, 0.05) is 5.57 Å². The molecular weight excluding hydrogens is 188 g/mol. The van der Waals surface area contributed by atoms with Crippen molar-refractivity contribution in [2.45, 2.75) is 26.9 Å². The van der Waals surface area contributed by atoms with Crippen LogP contribution >= 0.6 is 0 Å². The molecule has 0 spiro atoms. The van der Waals surface area contributed by atoms with Gasteiger partial charge in [0.1, 0.15) is 0 Å². The lowest BCUT2D eigenvalue weighted by atomic mass is 10.1. The first-order chi connectivity index (χ1) is 7.09. The van der Waals surface area contributed by atoms with Gasteiger partial charge in [0.25, 0.3) is 0 Å². The van der Waals surface area contributed by atoms with Crippen LogP contribution in [0, 0.1) is 0 Å². The molecule has 15 heavy (non-hydrogen) atoms. The van der Waals surface area contributed by atoms with Crippen LogP contribution in [0.3, 0.4) is 0 Å². The van der Waals surface area contributed by atoms with Gasteiger partial charge in [0.15, 0.2) is 0 Å². The first-order valence-corrected chi connectivity index (χ1v) is 5.04. The van der Waals surface area contributed by atoms with E-state index >= 15 is 0 Å². The predicted octanol–water partition coefficient (Wildman–Crippen LogP) is 3.04. The first-order valence-electron chi connectivity index (χ1n) is 5.04. The van der Waals surface area contributed by atoms with E-state index in [1.54, 1.807) is 6.92 Å². The molecule has 0 unspecified atom stereocenters. The molecule has 0 bridgehead atoms. The topological polar surface area (TPSA) is 26.3 Å². The maximum Gasteiger partial charge on any atom is 0.333 e. The maximum atomic E-state index is 11.5. The van der Waals surface area contributed by atoms with Crippen molar-refractivity contribution in [2.24, 2.45) is 0 Å². The molecule has 0 aliphatic heterocycles. The van der Waals surface area contributed by atoms with Gasteiger partial charge in [-0.3, -0.25) is 0 Å². The van der Waals surface area contributed by atoms with E-state index in [-0.39, 0.29) is 12.1 Å². The molecule has 2 heteroatoms. The van der Waals surface area contributed by atoms with Crippen molar-refractivity contribution in [1.82, 2.24) is 0 Å². The van der Waals surface area contributed by atoms with Crippen molar-refractivity contribution in [3.05, 3.63) is 41.5 Å². The van der Waals surface area contributed by atoms with Gasteiger partial charge in [-0.1, -0.05) is 30.3 Å². The van der Waals surface area contributed by atoms with Crippen LogP contribution in [-0.4, -0.2) is 12.1 Å². The van der Waals surface area contributed by atoms with Gasteiger partial charge in [0.05, 0.1) is 6.10 Å². The molecule has 1 aromatic rings. The van der Waals surface area contributed by atoms with Crippen molar-refractivity contribution in [1.29, 1.82) is 0 Å². The second kappa shape index (κ2) is 5.35. The third-order valence-corrected chi connectivity index (χ3v) is 1.85. The van der Waals surface area contributed by atoms with E-state index in [0.717, 1.165) is 5.56 Å². The molecular formula is C13H16O2. The van der Waals surface area contributed by atoms with Crippen molar-refractivity contribution < 1.29 is 9.53 Å². The van der Waals surface area contributed by atoms with Crippen LogP contribution in [0.5, 0.6) is 0 Å². The van der Waals surface area contributed by atoms with E-state index < -0.39 is 0 Å². The Morgan fingerprint density at radius 1 is 1.27 bits per heavy atom. The largest absolute Gasteiger partial charge is 0.460 e. The molecule has 0 amide bonds. The van der Waals surface area contributed by atoms with Crippen LogP contribution in [0.1, 0.15) is 26.3 Å². The zero-order valence-corrected chi connectivity index (χ0v) is 9.36. The number of rotatable bonds is 3. The van der Waals surface area contributed by atoms with Gasteiger partial charge >= 0.3 is 5.97 Å². The van der Waals surface area contributed by atoms with E-state index in [1.807, 2.05) is 50.3 Å². The summed E-state index contributed by atoms with van der Waals surface area (Å²) in [7, 11) is 0. The number of esters is 1. The van der Waals surface area contributed by atoms with Gasteiger partial charge in [-0.05, 0) is 32.4 Å². The Balaban J connectivity index is 2.72. The lowest BCUT2D eigenvalue weighted by Crippen LogP contribution is -2.11. The molecule has 0 radical (unpaired) electrons. The summed E-state index contributed by atoms with van der Waals surface area (Å²) in [6.45, 7) is 5.44. The van der Waals surface area contributed by atoms with Crippen molar-refractivity contribution in [2.75, 3.05) is 0 Å². The van der Waals surface area contributed by atoms with Crippen LogP contribution in [0.4, 0.5) is 0 Å². The number of carbonyl (C=O) groups is 1. The molecule has 2 nitrogen and oxygen atoms in total. The molecule has 0 saturated heterocycles. The number of benzene rings is 1. The summed E-state index contributed by atoms with van der Waals surface area (Å²) in [6, 6.07) is 9.72. The molecule has 1 aromatic carbocycles. The van der Waals surface area contributed by atoms with E-state index in [2.05, 4.69) is 0 Å². The maximum absolute atomic E-state index is 11.5. The first kappa shape index (κ1) is 11.5. The van der Waals surface area contributed by atoms with Gasteiger partial charge in [-0.2, -0.15) is 0 Å². The van der Waals surface area contributed by atoms with E-state index in [0.29, 0.717) is 5.57 Å². The molecule has 1 rings (SSSR count). The number of carbonyl (C=O) groups excluding carboxylic acids is 1. The molecule has 80 valence electrons. The summed E-state index contributed by atoms with van der Waals surface area (Å²) in [5.74, 6) is -0.256. The van der Waals surface area contributed by atoms with Gasteiger partial charge in [-0.25, -0.2) is 4.79 Å². The molecule has 0 aliphatic rings. The fraction of sp³-hybridized carbons (Fsp3) is 0.308. The Bertz CT molecular complexity index is 350. The second-order valence-corrected chi connectivity index (χ2v) is 3.69. The monoisotopic (exact) mass is 204 g/mol. The number of hydrogen-bond donors (Lipinski definition) is 0. The molecule has 0 saturated carbocycles. The fourth-order valence-corrected chi connectivity index (χ4v) is 1.17. The van der Waals surface area contributed by atoms with E-state index in [9.17, 15) is 4.79 Å². The highest BCUT2D eigenvalue weighted by atomic mass is 16.5. The van der Waals surface area contributed by atoms with Gasteiger partial charge < -0.3 is 4.74 Å². The van der Waals surface area contributed by atoms with Crippen molar-refractivity contribution in [3.8, 4) is 0 Å². The van der Waals surface area contributed by atoms with E-state index in [1.165, 1.54) is 0 Å². The predicted molar refractivity (Wildman–Crippen MR) is 61.3 cm³/mol. The molecule has 0 atom stereocenters. The molecule has 0 N–H and O–H groups in total. The van der Waals surface area contributed by atoms with Gasteiger partial charge in [-0.15, -0.1) is 0 Å². The summed E-state index contributed by atoms with van der Waals surface area (Å²) in [6.07, 6.45) is 1.75. The summed E-state index contributed by atoms with van der Waals surface area (Å²) in [5, 5.41) is 0. The third kappa shape index (κ3) is 3.98. The Morgan fingerprint density at radius 2 is 1.87 bits per heavy atom.